The minimum absolute atomic E-state index is 0.0243. The Morgan fingerprint density at radius 1 is 1.17 bits per heavy atom. The van der Waals surface area contributed by atoms with E-state index in [1.807, 2.05) is 18.7 Å². The van der Waals surface area contributed by atoms with Gasteiger partial charge < -0.3 is 15.5 Å². The van der Waals surface area contributed by atoms with E-state index in [1.54, 1.807) is 7.05 Å². The second-order valence-corrected chi connectivity index (χ2v) is 4.87. The molecule has 0 aliphatic carbocycles. The lowest BCUT2D eigenvalue weighted by molar-refractivity contribution is -0.132. The standard InChI is InChI=1S/C12H24N4O2/c1-10(2)14-8-12(18)16-6-4-15(5-7-16)9-11(17)13-3/h10,14H,4-9H2,1-3H3,(H,13,17). The van der Waals surface area contributed by atoms with E-state index in [9.17, 15) is 9.59 Å². The van der Waals surface area contributed by atoms with E-state index in [4.69, 9.17) is 0 Å². The first-order chi connectivity index (χ1) is 8.52. The highest BCUT2D eigenvalue weighted by Gasteiger charge is 2.21. The van der Waals surface area contributed by atoms with E-state index >= 15 is 0 Å². The summed E-state index contributed by atoms with van der Waals surface area (Å²) in [5.74, 6) is 0.166. The number of piperazine rings is 1. The predicted octanol–water partition coefficient (Wildman–Crippen LogP) is -1.13. The molecule has 1 saturated heterocycles. The number of amides is 2. The van der Waals surface area contributed by atoms with Crippen LogP contribution in [0, 0.1) is 0 Å². The topological polar surface area (TPSA) is 64.7 Å². The fourth-order valence-electron chi connectivity index (χ4n) is 1.84. The van der Waals surface area contributed by atoms with Crippen molar-refractivity contribution in [2.24, 2.45) is 0 Å². The van der Waals surface area contributed by atoms with Crippen molar-refractivity contribution in [3.05, 3.63) is 0 Å². The fourth-order valence-corrected chi connectivity index (χ4v) is 1.84. The smallest absolute Gasteiger partial charge is 0.236 e. The van der Waals surface area contributed by atoms with Gasteiger partial charge in [-0.2, -0.15) is 0 Å². The van der Waals surface area contributed by atoms with E-state index < -0.39 is 0 Å². The van der Waals surface area contributed by atoms with Gasteiger partial charge >= 0.3 is 0 Å². The number of likely N-dealkylation sites (N-methyl/N-ethyl adjacent to an activating group) is 1. The molecule has 0 bridgehead atoms. The molecule has 0 saturated carbocycles. The largest absolute Gasteiger partial charge is 0.358 e. The van der Waals surface area contributed by atoms with E-state index in [-0.39, 0.29) is 11.8 Å². The molecule has 18 heavy (non-hydrogen) atoms. The van der Waals surface area contributed by atoms with Crippen molar-refractivity contribution in [1.82, 2.24) is 20.4 Å². The van der Waals surface area contributed by atoms with Gasteiger partial charge in [-0.05, 0) is 0 Å². The lowest BCUT2D eigenvalue weighted by atomic mass is 10.3. The molecule has 6 nitrogen and oxygen atoms in total. The van der Waals surface area contributed by atoms with Crippen LogP contribution in [0.15, 0.2) is 0 Å². The molecule has 1 aliphatic heterocycles. The van der Waals surface area contributed by atoms with Gasteiger partial charge in [-0.15, -0.1) is 0 Å². The van der Waals surface area contributed by atoms with Gasteiger partial charge in [0.05, 0.1) is 13.1 Å². The zero-order valence-corrected chi connectivity index (χ0v) is 11.5. The van der Waals surface area contributed by atoms with Gasteiger partial charge in [0.1, 0.15) is 0 Å². The summed E-state index contributed by atoms with van der Waals surface area (Å²) in [7, 11) is 1.64. The van der Waals surface area contributed by atoms with Crippen LogP contribution in [-0.2, 0) is 9.59 Å². The molecule has 0 spiro atoms. The molecule has 6 heteroatoms. The Hall–Kier alpha value is -1.14. The summed E-state index contributed by atoms with van der Waals surface area (Å²) in [6, 6.07) is 0.323. The van der Waals surface area contributed by atoms with Crippen LogP contribution in [0.5, 0.6) is 0 Å². The van der Waals surface area contributed by atoms with E-state index in [0.29, 0.717) is 32.2 Å². The molecule has 2 amide bonds. The zero-order chi connectivity index (χ0) is 13.5. The third-order valence-electron chi connectivity index (χ3n) is 3.03. The average Bonchev–Trinajstić information content (AvgIpc) is 2.36. The maximum Gasteiger partial charge on any atom is 0.236 e. The van der Waals surface area contributed by atoms with Crippen LogP contribution in [0.2, 0.25) is 0 Å². The fraction of sp³-hybridized carbons (Fsp3) is 0.833. The molecule has 0 radical (unpaired) electrons. The maximum absolute atomic E-state index is 11.9. The van der Waals surface area contributed by atoms with Crippen LogP contribution in [0.4, 0.5) is 0 Å². The van der Waals surface area contributed by atoms with Crippen LogP contribution in [0.25, 0.3) is 0 Å². The summed E-state index contributed by atoms with van der Waals surface area (Å²) in [4.78, 5) is 27.0. The van der Waals surface area contributed by atoms with Crippen LogP contribution < -0.4 is 10.6 Å². The van der Waals surface area contributed by atoms with Crippen molar-refractivity contribution < 1.29 is 9.59 Å². The molecule has 1 fully saturated rings. The highest BCUT2D eigenvalue weighted by Crippen LogP contribution is 2.01. The third-order valence-corrected chi connectivity index (χ3v) is 3.03. The zero-order valence-electron chi connectivity index (χ0n) is 11.5. The highest BCUT2D eigenvalue weighted by molar-refractivity contribution is 5.79. The van der Waals surface area contributed by atoms with Crippen molar-refractivity contribution in [2.45, 2.75) is 19.9 Å². The molecule has 1 aliphatic rings. The molecule has 1 rings (SSSR count). The van der Waals surface area contributed by atoms with Crippen molar-refractivity contribution in [1.29, 1.82) is 0 Å². The van der Waals surface area contributed by atoms with Crippen molar-refractivity contribution in [2.75, 3.05) is 46.3 Å². The summed E-state index contributed by atoms with van der Waals surface area (Å²) in [5, 5.41) is 5.73. The lowest BCUT2D eigenvalue weighted by Crippen LogP contribution is -2.52. The first-order valence-corrected chi connectivity index (χ1v) is 6.47. The summed E-state index contributed by atoms with van der Waals surface area (Å²) in [5.41, 5.74) is 0. The first-order valence-electron chi connectivity index (χ1n) is 6.47. The van der Waals surface area contributed by atoms with Gasteiger partial charge in [0.2, 0.25) is 11.8 Å². The van der Waals surface area contributed by atoms with E-state index in [2.05, 4.69) is 15.5 Å². The quantitative estimate of drug-likeness (QED) is 0.654. The lowest BCUT2D eigenvalue weighted by Gasteiger charge is -2.34. The molecule has 0 atom stereocenters. The normalized spacial score (nSPS) is 17.0. The Balaban J connectivity index is 2.26. The molecule has 0 aromatic carbocycles. The molecule has 104 valence electrons. The summed E-state index contributed by atoms with van der Waals surface area (Å²) in [6.07, 6.45) is 0. The minimum Gasteiger partial charge on any atom is -0.358 e. The Morgan fingerprint density at radius 3 is 2.28 bits per heavy atom. The predicted molar refractivity (Wildman–Crippen MR) is 70.2 cm³/mol. The first kappa shape index (κ1) is 14.9. The number of hydrogen-bond acceptors (Lipinski definition) is 4. The number of hydrogen-bond donors (Lipinski definition) is 2. The van der Waals surface area contributed by atoms with Crippen molar-refractivity contribution in [3.63, 3.8) is 0 Å². The summed E-state index contributed by atoms with van der Waals surface area (Å²) >= 11 is 0. The molecule has 1 heterocycles. The Kier molecular flexibility index (Phi) is 6.07. The number of rotatable bonds is 5. The van der Waals surface area contributed by atoms with Crippen molar-refractivity contribution in [3.8, 4) is 0 Å². The molecule has 2 N–H and O–H groups in total. The monoisotopic (exact) mass is 256 g/mol. The number of carbonyl (C=O) groups excluding carboxylic acids is 2. The molecule has 0 aromatic heterocycles. The second kappa shape index (κ2) is 7.33. The Bertz CT molecular complexity index is 286. The maximum atomic E-state index is 11.9. The highest BCUT2D eigenvalue weighted by atomic mass is 16.2. The average molecular weight is 256 g/mol. The third kappa shape index (κ3) is 5.01. The molecular weight excluding hydrogens is 232 g/mol. The Labute approximate surface area is 109 Å². The van der Waals surface area contributed by atoms with E-state index in [1.165, 1.54) is 0 Å². The second-order valence-electron chi connectivity index (χ2n) is 4.87. The van der Waals surface area contributed by atoms with Gasteiger partial charge in [-0.25, -0.2) is 0 Å². The van der Waals surface area contributed by atoms with Crippen LogP contribution in [0.1, 0.15) is 13.8 Å². The summed E-state index contributed by atoms with van der Waals surface area (Å²) < 4.78 is 0. The van der Waals surface area contributed by atoms with Crippen LogP contribution >= 0.6 is 0 Å². The van der Waals surface area contributed by atoms with Gasteiger partial charge in [0, 0.05) is 39.3 Å². The SMILES string of the molecule is CNC(=O)CN1CCN(C(=O)CNC(C)C)CC1. The van der Waals surface area contributed by atoms with Crippen LogP contribution in [0.3, 0.4) is 0 Å². The Morgan fingerprint density at radius 2 is 1.78 bits per heavy atom. The number of nitrogens with zero attached hydrogens (tertiary/aromatic N) is 2. The van der Waals surface area contributed by atoms with Gasteiger partial charge in [0.15, 0.2) is 0 Å². The molecule has 0 aromatic rings. The summed E-state index contributed by atoms with van der Waals surface area (Å²) in [6.45, 7) is 7.80. The van der Waals surface area contributed by atoms with Gasteiger partial charge in [-0.3, -0.25) is 14.5 Å². The minimum atomic E-state index is 0.0243. The van der Waals surface area contributed by atoms with Crippen molar-refractivity contribution >= 4 is 11.8 Å². The van der Waals surface area contributed by atoms with E-state index in [0.717, 1.165) is 13.1 Å². The van der Waals surface area contributed by atoms with Gasteiger partial charge in [-0.1, -0.05) is 13.8 Å². The van der Waals surface area contributed by atoms with Gasteiger partial charge in [0.25, 0.3) is 0 Å². The van der Waals surface area contributed by atoms with Crippen LogP contribution in [-0.4, -0.2) is 74.0 Å². The molecule has 0 unspecified atom stereocenters. The molecular formula is C12H24N4O2. The number of nitrogens with one attached hydrogen (secondary N) is 2. The number of carbonyl (C=O) groups is 2.